The van der Waals surface area contributed by atoms with Crippen molar-refractivity contribution < 1.29 is 18.0 Å². The standard InChI is InChI=1S/C28H41N3O4S/c1-9-24(26(33)29-28(5,6)7)30(19-21-13-11-10-12-14-21)25(32)20-31(36(8,34)35)23-17-15-22(16-18-23)27(2,3)4/h10-18,24H,9,19-20H2,1-8H3,(H,29,33)/t24-/m1/s1. The number of carbonyl (C=O) groups is 2. The van der Waals surface area contributed by atoms with E-state index in [4.69, 9.17) is 0 Å². The maximum Gasteiger partial charge on any atom is 0.244 e. The van der Waals surface area contributed by atoms with Gasteiger partial charge in [0.2, 0.25) is 21.8 Å². The lowest BCUT2D eigenvalue weighted by atomic mass is 9.87. The van der Waals surface area contributed by atoms with E-state index in [2.05, 4.69) is 26.1 Å². The summed E-state index contributed by atoms with van der Waals surface area (Å²) in [6.07, 6.45) is 1.47. The Morgan fingerprint density at radius 3 is 1.92 bits per heavy atom. The van der Waals surface area contributed by atoms with Crippen LogP contribution in [0.15, 0.2) is 54.6 Å². The number of nitrogens with zero attached hydrogens (tertiary/aromatic N) is 2. The SMILES string of the molecule is CC[C@H](C(=O)NC(C)(C)C)N(Cc1ccccc1)C(=O)CN(c1ccc(C(C)(C)C)cc1)S(C)(=O)=O. The molecule has 0 unspecified atom stereocenters. The number of nitrogens with one attached hydrogen (secondary N) is 1. The molecule has 0 spiro atoms. The molecular weight excluding hydrogens is 474 g/mol. The van der Waals surface area contributed by atoms with Gasteiger partial charge in [-0.1, -0.05) is 70.2 Å². The van der Waals surface area contributed by atoms with Crippen molar-refractivity contribution >= 4 is 27.5 Å². The average Bonchev–Trinajstić information content (AvgIpc) is 2.75. The van der Waals surface area contributed by atoms with Crippen LogP contribution in [-0.4, -0.2) is 49.5 Å². The van der Waals surface area contributed by atoms with Gasteiger partial charge < -0.3 is 10.2 Å². The fourth-order valence-corrected chi connectivity index (χ4v) is 4.74. The van der Waals surface area contributed by atoms with Crippen LogP contribution in [0.25, 0.3) is 0 Å². The van der Waals surface area contributed by atoms with Crippen LogP contribution in [0.4, 0.5) is 5.69 Å². The minimum absolute atomic E-state index is 0.0918. The first kappa shape index (κ1) is 29.4. The summed E-state index contributed by atoms with van der Waals surface area (Å²) in [6.45, 7) is 13.5. The van der Waals surface area contributed by atoms with Crippen molar-refractivity contribution in [2.75, 3.05) is 17.1 Å². The molecule has 0 aromatic heterocycles. The first-order valence-corrected chi connectivity index (χ1v) is 14.1. The molecular formula is C28H41N3O4S. The van der Waals surface area contributed by atoms with Gasteiger partial charge in [0.15, 0.2) is 0 Å². The van der Waals surface area contributed by atoms with Crippen molar-refractivity contribution in [2.24, 2.45) is 0 Å². The Kier molecular flexibility index (Phi) is 9.34. The van der Waals surface area contributed by atoms with E-state index < -0.39 is 34.1 Å². The van der Waals surface area contributed by atoms with Crippen molar-refractivity contribution in [2.45, 2.75) is 78.4 Å². The lowest BCUT2D eigenvalue weighted by molar-refractivity contribution is -0.141. The van der Waals surface area contributed by atoms with E-state index in [0.29, 0.717) is 12.1 Å². The number of amides is 2. The van der Waals surface area contributed by atoms with Crippen molar-refractivity contribution in [3.05, 3.63) is 65.7 Å². The summed E-state index contributed by atoms with van der Waals surface area (Å²) in [5.74, 6) is -0.713. The molecule has 0 bridgehead atoms. The Labute approximate surface area is 216 Å². The van der Waals surface area contributed by atoms with E-state index in [1.54, 1.807) is 12.1 Å². The minimum atomic E-state index is -3.76. The average molecular weight is 516 g/mol. The topological polar surface area (TPSA) is 86.8 Å². The highest BCUT2D eigenvalue weighted by molar-refractivity contribution is 7.92. The summed E-state index contributed by atoms with van der Waals surface area (Å²) in [5, 5.41) is 2.96. The Bertz CT molecular complexity index is 1130. The molecule has 0 heterocycles. The summed E-state index contributed by atoms with van der Waals surface area (Å²) < 4.78 is 26.6. The molecule has 0 aliphatic rings. The molecule has 0 radical (unpaired) electrons. The molecule has 0 saturated heterocycles. The molecule has 8 heteroatoms. The van der Waals surface area contributed by atoms with Crippen LogP contribution in [0.3, 0.4) is 0 Å². The van der Waals surface area contributed by atoms with Gasteiger partial charge in [-0.05, 0) is 55.9 Å². The van der Waals surface area contributed by atoms with Gasteiger partial charge in [-0.2, -0.15) is 0 Å². The maximum absolute atomic E-state index is 13.7. The summed E-state index contributed by atoms with van der Waals surface area (Å²) >= 11 is 0. The number of benzene rings is 2. The molecule has 0 saturated carbocycles. The van der Waals surface area contributed by atoms with Gasteiger partial charge in [-0.25, -0.2) is 8.42 Å². The Morgan fingerprint density at radius 1 is 0.917 bits per heavy atom. The van der Waals surface area contributed by atoms with Crippen LogP contribution in [0, 0.1) is 0 Å². The first-order chi connectivity index (χ1) is 16.5. The third-order valence-electron chi connectivity index (χ3n) is 5.78. The largest absolute Gasteiger partial charge is 0.350 e. The second kappa shape index (κ2) is 11.5. The lowest BCUT2D eigenvalue weighted by Crippen LogP contribution is -2.55. The molecule has 7 nitrogen and oxygen atoms in total. The zero-order valence-corrected chi connectivity index (χ0v) is 23.6. The molecule has 36 heavy (non-hydrogen) atoms. The molecule has 1 atom stereocenters. The second-order valence-corrected chi connectivity index (χ2v) is 13.1. The quantitative estimate of drug-likeness (QED) is 0.534. The normalized spacial score (nSPS) is 13.1. The fraction of sp³-hybridized carbons (Fsp3) is 0.500. The van der Waals surface area contributed by atoms with Crippen LogP contribution < -0.4 is 9.62 Å². The van der Waals surface area contributed by atoms with Gasteiger partial charge >= 0.3 is 0 Å². The number of hydrogen-bond donors (Lipinski definition) is 1. The highest BCUT2D eigenvalue weighted by Crippen LogP contribution is 2.26. The van der Waals surface area contributed by atoms with Crippen molar-refractivity contribution in [1.82, 2.24) is 10.2 Å². The van der Waals surface area contributed by atoms with Crippen LogP contribution in [0.2, 0.25) is 0 Å². The van der Waals surface area contributed by atoms with E-state index in [0.717, 1.165) is 21.7 Å². The highest BCUT2D eigenvalue weighted by Gasteiger charge is 2.33. The smallest absolute Gasteiger partial charge is 0.244 e. The summed E-state index contributed by atoms with van der Waals surface area (Å²) in [4.78, 5) is 28.4. The molecule has 0 aliphatic heterocycles. The Hall–Kier alpha value is -2.87. The van der Waals surface area contributed by atoms with E-state index in [9.17, 15) is 18.0 Å². The number of rotatable bonds is 9. The highest BCUT2D eigenvalue weighted by atomic mass is 32.2. The van der Waals surface area contributed by atoms with Gasteiger partial charge in [0.25, 0.3) is 0 Å². The van der Waals surface area contributed by atoms with E-state index in [1.807, 2.05) is 70.2 Å². The predicted molar refractivity (Wildman–Crippen MR) is 146 cm³/mol. The monoisotopic (exact) mass is 515 g/mol. The summed E-state index contributed by atoms with van der Waals surface area (Å²) in [5.41, 5.74) is 1.76. The zero-order chi connectivity index (χ0) is 27.3. The van der Waals surface area contributed by atoms with Gasteiger partial charge in [0, 0.05) is 12.1 Å². The summed E-state index contributed by atoms with van der Waals surface area (Å²) in [6, 6.07) is 15.8. The minimum Gasteiger partial charge on any atom is -0.350 e. The number of hydrogen-bond acceptors (Lipinski definition) is 4. The number of anilines is 1. The van der Waals surface area contributed by atoms with Crippen molar-refractivity contribution in [3.63, 3.8) is 0 Å². The number of carbonyl (C=O) groups excluding carboxylic acids is 2. The molecule has 2 aromatic rings. The van der Waals surface area contributed by atoms with Crippen LogP contribution in [-0.2, 0) is 31.6 Å². The van der Waals surface area contributed by atoms with Crippen LogP contribution in [0.5, 0.6) is 0 Å². The fourth-order valence-electron chi connectivity index (χ4n) is 3.89. The molecule has 2 rings (SSSR count). The zero-order valence-electron chi connectivity index (χ0n) is 22.8. The maximum atomic E-state index is 13.7. The molecule has 0 fully saturated rings. The van der Waals surface area contributed by atoms with Crippen molar-refractivity contribution in [3.8, 4) is 0 Å². The molecule has 2 aromatic carbocycles. The third-order valence-corrected chi connectivity index (χ3v) is 6.92. The van der Waals surface area contributed by atoms with Gasteiger partial charge in [0.1, 0.15) is 12.6 Å². The van der Waals surface area contributed by atoms with E-state index >= 15 is 0 Å². The first-order valence-electron chi connectivity index (χ1n) is 12.3. The van der Waals surface area contributed by atoms with Gasteiger partial charge in [-0.3, -0.25) is 13.9 Å². The molecule has 198 valence electrons. The molecule has 2 amide bonds. The van der Waals surface area contributed by atoms with Crippen LogP contribution >= 0.6 is 0 Å². The second-order valence-electron chi connectivity index (χ2n) is 11.2. The van der Waals surface area contributed by atoms with Gasteiger partial charge in [0.05, 0.1) is 11.9 Å². The van der Waals surface area contributed by atoms with Gasteiger partial charge in [-0.15, -0.1) is 0 Å². The predicted octanol–water partition coefficient (Wildman–Crippen LogP) is 4.47. The Morgan fingerprint density at radius 2 is 1.47 bits per heavy atom. The molecule has 1 N–H and O–H groups in total. The third kappa shape index (κ3) is 8.36. The van der Waals surface area contributed by atoms with E-state index in [1.165, 1.54) is 4.90 Å². The Balaban J connectivity index is 2.44. The lowest BCUT2D eigenvalue weighted by Gasteiger charge is -2.34. The van der Waals surface area contributed by atoms with E-state index in [-0.39, 0.29) is 17.9 Å². The molecule has 0 aliphatic carbocycles. The summed E-state index contributed by atoms with van der Waals surface area (Å²) in [7, 11) is -3.76. The van der Waals surface area contributed by atoms with Crippen molar-refractivity contribution in [1.29, 1.82) is 0 Å². The number of sulfonamides is 1. The van der Waals surface area contributed by atoms with Crippen LogP contribution in [0.1, 0.15) is 66.0 Å².